The van der Waals surface area contributed by atoms with Gasteiger partial charge in [0.2, 0.25) is 0 Å². The maximum absolute atomic E-state index is 11.4. The third-order valence-electron chi connectivity index (χ3n) is 3.42. The van der Waals surface area contributed by atoms with Crippen molar-refractivity contribution < 1.29 is 19.8 Å². The van der Waals surface area contributed by atoms with Crippen LogP contribution in [0.3, 0.4) is 0 Å². The number of aliphatic carboxylic acids is 2. The highest BCUT2D eigenvalue weighted by Gasteiger charge is 2.17. The topological polar surface area (TPSA) is 74.6 Å². The maximum Gasteiger partial charge on any atom is 0.332 e. The summed E-state index contributed by atoms with van der Waals surface area (Å²) in [4.78, 5) is 22.8. The van der Waals surface area contributed by atoms with E-state index in [0.717, 1.165) is 38.5 Å². The zero-order chi connectivity index (χ0) is 18.2. The molecule has 0 aliphatic rings. The van der Waals surface area contributed by atoms with Gasteiger partial charge in [-0.15, -0.1) is 13.2 Å². The van der Waals surface area contributed by atoms with Gasteiger partial charge in [-0.1, -0.05) is 36.5 Å². The molecule has 0 rings (SSSR count). The van der Waals surface area contributed by atoms with E-state index in [2.05, 4.69) is 13.2 Å². The summed E-state index contributed by atoms with van der Waals surface area (Å²) in [5.74, 6) is -2.36. The Labute approximate surface area is 144 Å². The molecular weight excluding hydrogens is 304 g/mol. The van der Waals surface area contributed by atoms with Gasteiger partial charge in [0.15, 0.2) is 0 Å². The van der Waals surface area contributed by atoms with Crippen LogP contribution in [-0.2, 0) is 9.59 Å². The van der Waals surface area contributed by atoms with Gasteiger partial charge in [0.05, 0.1) is 11.1 Å². The first-order chi connectivity index (χ1) is 11.5. The van der Waals surface area contributed by atoms with Crippen LogP contribution >= 0.6 is 0 Å². The van der Waals surface area contributed by atoms with Gasteiger partial charge in [0, 0.05) is 0 Å². The van der Waals surface area contributed by atoms with E-state index in [0.29, 0.717) is 0 Å². The molecule has 4 heteroatoms. The Kier molecular flexibility index (Phi) is 12.8. The maximum atomic E-state index is 11.4. The van der Waals surface area contributed by atoms with Crippen LogP contribution in [0.15, 0.2) is 60.8 Å². The van der Waals surface area contributed by atoms with Crippen molar-refractivity contribution in [2.24, 2.45) is 0 Å². The molecule has 0 unspecified atom stereocenters. The fraction of sp³-hybridized carbons (Fsp3) is 0.400. The molecule has 0 aliphatic heterocycles. The summed E-state index contributed by atoms with van der Waals surface area (Å²) in [7, 11) is 0. The van der Waals surface area contributed by atoms with Gasteiger partial charge in [-0.05, 0) is 51.4 Å². The molecule has 0 atom stereocenters. The minimum absolute atomic E-state index is 0.0572. The Morgan fingerprint density at radius 1 is 0.667 bits per heavy atom. The summed E-state index contributed by atoms with van der Waals surface area (Å²) in [5, 5.41) is 18.6. The zero-order valence-electron chi connectivity index (χ0n) is 14.2. The van der Waals surface area contributed by atoms with Crippen LogP contribution in [0, 0.1) is 0 Å². The average Bonchev–Trinajstić information content (AvgIpc) is 2.54. The lowest BCUT2D eigenvalue weighted by atomic mass is 10.0. The van der Waals surface area contributed by atoms with Crippen molar-refractivity contribution in [3.63, 3.8) is 0 Å². The lowest BCUT2D eigenvalue weighted by Crippen LogP contribution is -2.10. The number of hydrogen-bond donors (Lipinski definition) is 2. The van der Waals surface area contributed by atoms with Crippen LogP contribution < -0.4 is 0 Å². The highest BCUT2D eigenvalue weighted by atomic mass is 16.4. The Bertz CT molecular complexity index is 464. The SMILES string of the molecule is C=CCCCC=CC/C(C(=O)O)=C(\CC=CCCCC=C)C(=O)O. The van der Waals surface area contributed by atoms with E-state index in [-0.39, 0.29) is 24.0 Å². The Hall–Kier alpha value is -2.36. The Morgan fingerprint density at radius 3 is 1.33 bits per heavy atom. The standard InChI is InChI=1S/C20H28O4/c1-3-5-7-9-11-13-15-17(19(21)22)18(20(23)24)16-14-12-10-8-6-4-2/h3-4,11-14H,1-2,5-10,15-16H2,(H,21,22)(H,23,24)/b13-11?,14-12?,18-17-. The summed E-state index contributed by atoms with van der Waals surface area (Å²) in [6.07, 6.45) is 16.5. The molecule has 0 bridgehead atoms. The second-order valence-corrected chi connectivity index (χ2v) is 5.36. The van der Waals surface area contributed by atoms with E-state index in [4.69, 9.17) is 0 Å². The van der Waals surface area contributed by atoms with Crippen LogP contribution in [0.4, 0.5) is 0 Å². The summed E-state index contributed by atoms with van der Waals surface area (Å²) >= 11 is 0. The van der Waals surface area contributed by atoms with E-state index in [1.54, 1.807) is 12.2 Å². The molecule has 0 saturated heterocycles. The molecule has 24 heavy (non-hydrogen) atoms. The van der Waals surface area contributed by atoms with Crippen LogP contribution in [-0.4, -0.2) is 22.2 Å². The number of rotatable bonds is 14. The Balaban J connectivity index is 4.82. The third kappa shape index (κ3) is 10.4. The highest BCUT2D eigenvalue weighted by Crippen LogP contribution is 2.16. The minimum Gasteiger partial charge on any atom is -0.478 e. The smallest absolute Gasteiger partial charge is 0.332 e. The van der Waals surface area contributed by atoms with Gasteiger partial charge in [-0.3, -0.25) is 0 Å². The lowest BCUT2D eigenvalue weighted by molar-refractivity contribution is -0.136. The van der Waals surface area contributed by atoms with Crippen molar-refractivity contribution in [3.8, 4) is 0 Å². The number of carbonyl (C=O) groups is 2. The van der Waals surface area contributed by atoms with Crippen LogP contribution in [0.2, 0.25) is 0 Å². The third-order valence-corrected chi connectivity index (χ3v) is 3.42. The van der Waals surface area contributed by atoms with Gasteiger partial charge in [-0.2, -0.15) is 0 Å². The van der Waals surface area contributed by atoms with Crippen molar-refractivity contribution >= 4 is 11.9 Å². The second kappa shape index (κ2) is 14.2. The predicted molar refractivity (Wildman–Crippen MR) is 97.9 cm³/mol. The monoisotopic (exact) mass is 332 g/mol. The molecule has 4 nitrogen and oxygen atoms in total. The van der Waals surface area contributed by atoms with E-state index >= 15 is 0 Å². The molecule has 0 radical (unpaired) electrons. The largest absolute Gasteiger partial charge is 0.478 e. The van der Waals surface area contributed by atoms with Gasteiger partial charge in [0.25, 0.3) is 0 Å². The minimum atomic E-state index is -1.18. The fourth-order valence-electron chi connectivity index (χ4n) is 2.08. The highest BCUT2D eigenvalue weighted by molar-refractivity contribution is 5.99. The summed E-state index contributed by atoms with van der Waals surface area (Å²) < 4.78 is 0. The molecular formula is C20H28O4. The normalized spacial score (nSPS) is 12.3. The molecule has 0 saturated carbocycles. The molecule has 132 valence electrons. The first-order valence-corrected chi connectivity index (χ1v) is 8.25. The molecule has 0 aromatic heterocycles. The van der Waals surface area contributed by atoms with Crippen molar-refractivity contribution in [1.82, 2.24) is 0 Å². The molecule has 0 heterocycles. The number of unbranched alkanes of at least 4 members (excludes halogenated alkanes) is 4. The number of carboxylic acid groups (broad SMARTS) is 2. The predicted octanol–water partition coefficient (Wildman–Crippen LogP) is 5.06. The van der Waals surface area contributed by atoms with Crippen molar-refractivity contribution in [1.29, 1.82) is 0 Å². The summed E-state index contributed by atoms with van der Waals surface area (Å²) in [6, 6.07) is 0. The Morgan fingerprint density at radius 2 is 1.04 bits per heavy atom. The van der Waals surface area contributed by atoms with Crippen molar-refractivity contribution in [2.45, 2.75) is 51.4 Å². The van der Waals surface area contributed by atoms with Crippen molar-refractivity contribution in [3.05, 3.63) is 60.8 Å². The number of hydrogen-bond acceptors (Lipinski definition) is 2. The first-order valence-electron chi connectivity index (χ1n) is 8.25. The molecule has 0 aliphatic carbocycles. The van der Waals surface area contributed by atoms with Crippen molar-refractivity contribution in [2.75, 3.05) is 0 Å². The number of carboxylic acids is 2. The van der Waals surface area contributed by atoms with E-state index in [1.807, 2.05) is 24.3 Å². The first kappa shape index (κ1) is 21.6. The molecule has 0 aromatic rings. The van der Waals surface area contributed by atoms with Crippen LogP contribution in [0.1, 0.15) is 51.4 Å². The number of allylic oxidation sites excluding steroid dienone is 6. The molecule has 2 N–H and O–H groups in total. The van der Waals surface area contributed by atoms with Gasteiger partial charge >= 0.3 is 11.9 Å². The molecule has 0 spiro atoms. The fourth-order valence-corrected chi connectivity index (χ4v) is 2.08. The van der Waals surface area contributed by atoms with Gasteiger partial charge < -0.3 is 10.2 Å². The summed E-state index contributed by atoms with van der Waals surface area (Å²) in [6.45, 7) is 7.28. The van der Waals surface area contributed by atoms with Gasteiger partial charge in [0.1, 0.15) is 0 Å². The second-order valence-electron chi connectivity index (χ2n) is 5.36. The van der Waals surface area contributed by atoms with Crippen LogP contribution in [0.25, 0.3) is 0 Å². The van der Waals surface area contributed by atoms with Gasteiger partial charge in [-0.25, -0.2) is 9.59 Å². The average molecular weight is 332 g/mol. The van der Waals surface area contributed by atoms with E-state index < -0.39 is 11.9 Å². The van der Waals surface area contributed by atoms with Crippen LogP contribution in [0.5, 0.6) is 0 Å². The quantitative estimate of drug-likeness (QED) is 0.265. The lowest BCUT2D eigenvalue weighted by Gasteiger charge is -2.05. The molecule has 0 amide bonds. The van der Waals surface area contributed by atoms with E-state index in [1.165, 1.54) is 0 Å². The summed E-state index contributed by atoms with van der Waals surface area (Å²) in [5.41, 5.74) is -0.114. The van der Waals surface area contributed by atoms with E-state index in [9.17, 15) is 19.8 Å². The molecule has 0 fully saturated rings. The molecule has 0 aromatic carbocycles. The zero-order valence-corrected chi connectivity index (χ0v) is 14.2.